The minimum Gasteiger partial charge on any atom is -0.386 e. The van der Waals surface area contributed by atoms with E-state index in [4.69, 9.17) is 0 Å². The van der Waals surface area contributed by atoms with Crippen LogP contribution in [-0.2, 0) is 11.2 Å². The normalized spacial score (nSPS) is 23.3. The monoisotopic (exact) mass is 441 g/mol. The molecule has 1 aromatic carbocycles. The highest BCUT2D eigenvalue weighted by molar-refractivity contribution is 5.83. The molecule has 2 N–H and O–H groups in total. The fourth-order valence-corrected chi connectivity index (χ4v) is 4.81. The number of nitrogens with one attached hydrogen (secondary N) is 1. The summed E-state index contributed by atoms with van der Waals surface area (Å²) in [6.07, 6.45) is 3.98. The van der Waals surface area contributed by atoms with Gasteiger partial charge >= 0.3 is 0 Å². The highest BCUT2D eigenvalue weighted by atomic mass is 19.1. The first-order valence-electron chi connectivity index (χ1n) is 11.2. The zero-order valence-electron chi connectivity index (χ0n) is 18.9. The molecule has 2 saturated heterocycles. The van der Waals surface area contributed by atoms with Gasteiger partial charge in [-0.2, -0.15) is 0 Å². The van der Waals surface area contributed by atoms with E-state index in [9.17, 15) is 14.3 Å². The Morgan fingerprint density at radius 1 is 1.19 bits per heavy atom. The fraction of sp³-hybridized carbons (Fsp3) is 0.542. The minimum absolute atomic E-state index is 0.0559. The number of carbonyl (C=O) groups excluding carboxylic acids is 1. The number of hydrogen-bond acceptors (Lipinski definition) is 6. The number of nitrogens with zero attached hydrogens (tertiary/aromatic N) is 4. The van der Waals surface area contributed by atoms with E-state index in [1.165, 1.54) is 18.5 Å². The van der Waals surface area contributed by atoms with Crippen molar-refractivity contribution in [2.45, 2.75) is 38.2 Å². The molecular formula is C24H32FN5O2. The molecule has 7 nitrogen and oxygen atoms in total. The van der Waals surface area contributed by atoms with E-state index in [2.05, 4.69) is 27.2 Å². The van der Waals surface area contributed by atoms with Crippen LogP contribution >= 0.6 is 0 Å². The molecule has 0 bridgehead atoms. The molecule has 1 atom stereocenters. The summed E-state index contributed by atoms with van der Waals surface area (Å²) in [6.45, 7) is 4.80. The molecule has 3 heterocycles. The first-order valence-corrected chi connectivity index (χ1v) is 11.2. The van der Waals surface area contributed by atoms with Crippen molar-refractivity contribution in [1.29, 1.82) is 0 Å². The highest BCUT2D eigenvalue weighted by Crippen LogP contribution is 2.36. The molecule has 0 aliphatic carbocycles. The molecule has 0 spiro atoms. The number of rotatable bonds is 6. The Bertz CT molecular complexity index is 963. The van der Waals surface area contributed by atoms with E-state index >= 15 is 0 Å². The van der Waals surface area contributed by atoms with E-state index in [1.54, 1.807) is 6.07 Å². The van der Waals surface area contributed by atoms with Crippen molar-refractivity contribution in [3.05, 3.63) is 53.7 Å². The number of halogens is 1. The number of likely N-dealkylation sites (tertiary alicyclic amines) is 1. The van der Waals surface area contributed by atoms with Crippen molar-refractivity contribution in [2.75, 3.05) is 44.7 Å². The number of β-amino-alcohol motifs (C(OH)–C–C–N with tert-alkyl or cyclic N) is 1. The van der Waals surface area contributed by atoms with Gasteiger partial charge in [0.1, 0.15) is 23.6 Å². The number of aliphatic hydroxyl groups is 1. The van der Waals surface area contributed by atoms with Crippen LogP contribution in [0.15, 0.2) is 36.7 Å². The van der Waals surface area contributed by atoms with Crippen LogP contribution in [0.2, 0.25) is 0 Å². The average molecular weight is 442 g/mol. The maximum Gasteiger partial charge on any atom is 0.226 e. The van der Waals surface area contributed by atoms with Gasteiger partial charge in [-0.25, -0.2) is 14.4 Å². The number of anilines is 1. The summed E-state index contributed by atoms with van der Waals surface area (Å²) in [4.78, 5) is 26.1. The predicted molar refractivity (Wildman–Crippen MR) is 121 cm³/mol. The summed E-state index contributed by atoms with van der Waals surface area (Å²) in [7, 11) is 2.05. The second-order valence-electron chi connectivity index (χ2n) is 9.49. The lowest BCUT2D eigenvalue weighted by Gasteiger charge is -2.40. The van der Waals surface area contributed by atoms with Gasteiger partial charge in [-0.3, -0.25) is 4.79 Å². The number of aromatic nitrogens is 2. The van der Waals surface area contributed by atoms with Gasteiger partial charge in [0.05, 0.1) is 5.41 Å². The Labute approximate surface area is 188 Å². The fourth-order valence-electron chi connectivity index (χ4n) is 4.81. The molecule has 2 fully saturated rings. The summed E-state index contributed by atoms with van der Waals surface area (Å²) in [5.41, 5.74) is 0.0912. The molecule has 1 amide bonds. The number of carbonyl (C=O) groups is 1. The van der Waals surface area contributed by atoms with E-state index < -0.39 is 11.0 Å². The third-order valence-electron chi connectivity index (χ3n) is 6.88. The van der Waals surface area contributed by atoms with Crippen molar-refractivity contribution < 1.29 is 14.3 Å². The largest absolute Gasteiger partial charge is 0.386 e. The van der Waals surface area contributed by atoms with Gasteiger partial charge in [-0.05, 0) is 70.4 Å². The Balaban J connectivity index is 1.43. The van der Waals surface area contributed by atoms with E-state index in [1.807, 2.05) is 24.0 Å². The predicted octanol–water partition coefficient (Wildman–Crippen LogP) is 1.94. The van der Waals surface area contributed by atoms with E-state index in [0.717, 1.165) is 30.2 Å². The third-order valence-corrected chi connectivity index (χ3v) is 6.88. The lowest BCUT2D eigenvalue weighted by atomic mass is 9.73. The lowest BCUT2D eigenvalue weighted by molar-refractivity contribution is -0.134. The van der Waals surface area contributed by atoms with Gasteiger partial charge in [0, 0.05) is 31.4 Å². The van der Waals surface area contributed by atoms with Gasteiger partial charge in [-0.15, -0.1) is 0 Å². The van der Waals surface area contributed by atoms with Crippen molar-refractivity contribution in [3.8, 4) is 0 Å². The average Bonchev–Trinajstić information content (AvgIpc) is 3.16. The maximum atomic E-state index is 13.8. The quantitative estimate of drug-likeness (QED) is 0.713. The van der Waals surface area contributed by atoms with Crippen LogP contribution in [0.1, 0.15) is 30.5 Å². The Morgan fingerprint density at radius 3 is 2.69 bits per heavy atom. The first kappa shape index (κ1) is 22.6. The summed E-state index contributed by atoms with van der Waals surface area (Å²) >= 11 is 0. The molecule has 0 radical (unpaired) electrons. The number of piperidine rings is 1. The molecule has 0 saturated carbocycles. The van der Waals surface area contributed by atoms with E-state index in [-0.39, 0.29) is 18.3 Å². The molecule has 2 aliphatic heterocycles. The summed E-state index contributed by atoms with van der Waals surface area (Å²) in [5, 5.41) is 14.2. The summed E-state index contributed by atoms with van der Waals surface area (Å²) in [5.74, 6) is 0.448. The Kier molecular flexibility index (Phi) is 6.44. The van der Waals surface area contributed by atoms with Gasteiger partial charge in [0.25, 0.3) is 0 Å². The van der Waals surface area contributed by atoms with Crippen molar-refractivity contribution in [2.24, 2.45) is 5.41 Å². The number of hydrogen-bond donors (Lipinski definition) is 2. The zero-order chi connectivity index (χ0) is 22.8. The Morgan fingerprint density at radius 2 is 1.97 bits per heavy atom. The maximum absolute atomic E-state index is 13.8. The second-order valence-corrected chi connectivity index (χ2v) is 9.49. The van der Waals surface area contributed by atoms with Crippen LogP contribution in [0.25, 0.3) is 0 Å². The number of benzene rings is 1. The van der Waals surface area contributed by atoms with Crippen LogP contribution in [-0.4, -0.2) is 71.3 Å². The molecule has 8 heteroatoms. The van der Waals surface area contributed by atoms with Crippen molar-refractivity contribution in [3.63, 3.8) is 0 Å². The topological polar surface area (TPSA) is 81.6 Å². The Hall–Kier alpha value is -2.58. The van der Waals surface area contributed by atoms with Gasteiger partial charge < -0.3 is 20.2 Å². The molecular weight excluding hydrogens is 409 g/mol. The molecule has 4 rings (SSSR count). The minimum atomic E-state index is -1.01. The third kappa shape index (κ3) is 5.07. The van der Waals surface area contributed by atoms with Crippen LogP contribution in [0.4, 0.5) is 10.2 Å². The summed E-state index contributed by atoms with van der Waals surface area (Å²) in [6, 6.07) is 8.40. The van der Waals surface area contributed by atoms with Crippen LogP contribution in [0.5, 0.6) is 0 Å². The zero-order valence-corrected chi connectivity index (χ0v) is 18.9. The van der Waals surface area contributed by atoms with Crippen LogP contribution in [0.3, 0.4) is 0 Å². The molecule has 1 aromatic heterocycles. The second kappa shape index (κ2) is 9.11. The molecule has 2 aliphatic rings. The summed E-state index contributed by atoms with van der Waals surface area (Å²) < 4.78 is 13.8. The molecule has 172 valence electrons. The number of amides is 1. The molecule has 0 unspecified atom stereocenters. The molecule has 32 heavy (non-hydrogen) atoms. The van der Waals surface area contributed by atoms with Crippen molar-refractivity contribution >= 4 is 11.7 Å². The lowest BCUT2D eigenvalue weighted by Crippen LogP contribution is -2.53. The van der Waals surface area contributed by atoms with Crippen LogP contribution in [0, 0.1) is 18.2 Å². The number of aryl methyl sites for hydroxylation is 1. The smallest absolute Gasteiger partial charge is 0.226 e. The standard InChI is InChI=1S/C24H32FN5O2/c1-18-12-21(28-17-27-18)30-11-8-24(32,16-30)15-26-22(31)23(6-9-29(2)10-7-23)14-19-4-3-5-20(25)13-19/h3-5,12-13,17,32H,6-11,14-16H2,1-2H3,(H,26,31)/t24-/m0/s1. The SMILES string of the molecule is Cc1cc(N2CC[C@](O)(CNC(=O)C3(Cc4cccc(F)c4)CCN(C)CC3)C2)ncn1. The van der Waals surface area contributed by atoms with Gasteiger partial charge in [0.2, 0.25) is 5.91 Å². The van der Waals surface area contributed by atoms with Gasteiger partial charge in [-0.1, -0.05) is 12.1 Å². The highest BCUT2D eigenvalue weighted by Gasteiger charge is 2.43. The molecule has 2 aromatic rings. The van der Waals surface area contributed by atoms with Crippen molar-refractivity contribution in [1.82, 2.24) is 20.2 Å². The first-order chi connectivity index (χ1) is 15.3. The van der Waals surface area contributed by atoms with E-state index in [0.29, 0.717) is 38.8 Å². The van der Waals surface area contributed by atoms with Gasteiger partial charge in [0.15, 0.2) is 0 Å². The van der Waals surface area contributed by atoms with Crippen LogP contribution < -0.4 is 10.2 Å².